The van der Waals surface area contributed by atoms with E-state index in [0.717, 1.165) is 25.5 Å². The normalized spacial score (nSPS) is 13.0. The summed E-state index contributed by atoms with van der Waals surface area (Å²) in [6.45, 7) is 1.28. The summed E-state index contributed by atoms with van der Waals surface area (Å²) in [4.78, 5) is 11.9. The van der Waals surface area contributed by atoms with Crippen LogP contribution in [0.1, 0.15) is 5.76 Å². The van der Waals surface area contributed by atoms with Gasteiger partial charge in [-0.1, -0.05) is 5.16 Å². The Bertz CT molecular complexity index is 522. The molecule has 22 heavy (non-hydrogen) atoms. The number of carbonyl (C=O) groups is 1. The first-order valence-electron chi connectivity index (χ1n) is 5.64. The number of aromatic nitrogens is 1. The quantitative estimate of drug-likeness (QED) is 0.658. The van der Waals surface area contributed by atoms with Gasteiger partial charge in [0.15, 0.2) is 5.82 Å². The number of rotatable bonds is 3. The predicted octanol–water partition coefficient (Wildman–Crippen LogP) is 2.49. The van der Waals surface area contributed by atoms with Crippen LogP contribution in [0.2, 0.25) is 0 Å². The van der Waals surface area contributed by atoms with Crippen molar-refractivity contribution >= 4 is 11.8 Å². The highest BCUT2D eigenvalue weighted by Crippen LogP contribution is 2.43. The largest absolute Gasteiger partial charge is 0.439 e. The molecule has 0 aliphatic carbocycles. The minimum Gasteiger partial charge on any atom is -0.360 e. The molecule has 0 unspecified atom stereocenters. The molecule has 0 fully saturated rings. The van der Waals surface area contributed by atoms with Gasteiger partial charge < -0.3 is 14.7 Å². The molecule has 2 N–H and O–H groups in total. The molecule has 2 amide bonds. The van der Waals surface area contributed by atoms with Crippen LogP contribution in [0.25, 0.3) is 0 Å². The number of aryl methyl sites for hydroxylation is 1. The van der Waals surface area contributed by atoms with Crippen molar-refractivity contribution in [2.75, 3.05) is 19.4 Å². The van der Waals surface area contributed by atoms with Gasteiger partial charge in [-0.2, -0.15) is 26.3 Å². The fourth-order valence-electron chi connectivity index (χ4n) is 1.37. The molecule has 0 radical (unpaired) electrons. The Morgan fingerprint density at radius 3 is 2.00 bits per heavy atom. The van der Waals surface area contributed by atoms with Gasteiger partial charge in [-0.15, -0.1) is 0 Å². The van der Waals surface area contributed by atoms with E-state index in [-0.39, 0.29) is 5.76 Å². The number of amides is 2. The van der Waals surface area contributed by atoms with Gasteiger partial charge in [-0.05, 0) is 6.92 Å². The fraction of sp³-hybridized carbons (Fsp3) is 0.600. The van der Waals surface area contributed by atoms with Gasteiger partial charge in [-0.25, -0.2) is 4.79 Å². The van der Waals surface area contributed by atoms with E-state index in [1.165, 1.54) is 12.2 Å². The maximum atomic E-state index is 13.1. The van der Waals surface area contributed by atoms with Crippen LogP contribution in [0.5, 0.6) is 0 Å². The Morgan fingerprint density at radius 1 is 1.18 bits per heavy atom. The highest BCUT2D eigenvalue weighted by atomic mass is 19.4. The number of hydrogen-bond donors (Lipinski definition) is 2. The molecule has 0 aliphatic rings. The van der Waals surface area contributed by atoms with Crippen molar-refractivity contribution in [1.29, 1.82) is 0 Å². The van der Waals surface area contributed by atoms with Crippen molar-refractivity contribution in [3.63, 3.8) is 0 Å². The lowest BCUT2D eigenvalue weighted by molar-refractivity contribution is -0.294. The van der Waals surface area contributed by atoms with E-state index >= 15 is 0 Å². The molecule has 126 valence electrons. The monoisotopic (exact) mass is 334 g/mol. The molecule has 0 atom stereocenters. The third-order valence-electron chi connectivity index (χ3n) is 2.49. The number of urea groups is 1. The molecule has 0 spiro atoms. The van der Waals surface area contributed by atoms with Crippen LogP contribution in [0.3, 0.4) is 0 Å². The average Bonchev–Trinajstić information content (AvgIpc) is 2.70. The van der Waals surface area contributed by atoms with Gasteiger partial charge in [0.2, 0.25) is 0 Å². The van der Waals surface area contributed by atoms with Crippen LogP contribution < -0.4 is 10.6 Å². The standard InChI is InChI=1S/C10H12F6N4O2/c1-5-4-6(19-22-5)17-8(9(11,12)13,10(14,15)16)18-7(21)20(2)3/h4H,1-3H3,(H,17,19)(H,18,21). The smallest absolute Gasteiger partial charge is 0.360 e. The van der Waals surface area contributed by atoms with Gasteiger partial charge >= 0.3 is 24.0 Å². The minimum atomic E-state index is -5.90. The number of nitrogens with one attached hydrogen (secondary N) is 2. The van der Waals surface area contributed by atoms with Crippen molar-refractivity contribution in [3.8, 4) is 0 Å². The molecule has 0 saturated carbocycles. The topological polar surface area (TPSA) is 70.4 Å². The third kappa shape index (κ3) is 3.36. The first-order valence-corrected chi connectivity index (χ1v) is 5.64. The molecule has 12 heteroatoms. The summed E-state index contributed by atoms with van der Waals surface area (Å²) in [5.41, 5.74) is -4.72. The van der Waals surface area contributed by atoms with E-state index in [1.54, 1.807) is 0 Å². The lowest BCUT2D eigenvalue weighted by atomic mass is 10.1. The SMILES string of the molecule is Cc1cc(NC(NC(=O)N(C)C)(C(F)(F)F)C(F)(F)F)no1. The summed E-state index contributed by atoms with van der Waals surface area (Å²) in [6.07, 6.45) is -11.8. The van der Waals surface area contributed by atoms with Gasteiger partial charge in [-0.3, -0.25) is 5.32 Å². The zero-order valence-corrected chi connectivity index (χ0v) is 11.6. The van der Waals surface area contributed by atoms with E-state index < -0.39 is 29.9 Å². The van der Waals surface area contributed by atoms with E-state index in [2.05, 4.69) is 9.68 Å². The summed E-state index contributed by atoms with van der Waals surface area (Å²) in [6, 6.07) is -0.768. The highest BCUT2D eigenvalue weighted by Gasteiger charge is 2.73. The number of nitrogens with zero attached hydrogens (tertiary/aromatic N) is 2. The first kappa shape index (κ1) is 17.9. The van der Waals surface area contributed by atoms with Crippen LogP contribution in [0.4, 0.5) is 37.0 Å². The molecule has 0 bridgehead atoms. The number of alkyl halides is 6. The van der Waals surface area contributed by atoms with Crippen molar-refractivity contribution in [3.05, 3.63) is 11.8 Å². The van der Waals surface area contributed by atoms with Crippen molar-refractivity contribution in [2.45, 2.75) is 24.9 Å². The van der Waals surface area contributed by atoms with E-state index in [0.29, 0.717) is 4.90 Å². The number of hydrogen-bond acceptors (Lipinski definition) is 4. The molecule has 0 aromatic carbocycles. The summed E-state index contributed by atoms with van der Waals surface area (Å²) < 4.78 is 83.1. The summed E-state index contributed by atoms with van der Waals surface area (Å²) in [7, 11) is 1.99. The van der Waals surface area contributed by atoms with Gasteiger partial charge in [0.25, 0.3) is 0 Å². The molecule has 1 heterocycles. The molecule has 1 aromatic rings. The Morgan fingerprint density at radius 2 is 1.68 bits per heavy atom. The van der Waals surface area contributed by atoms with Crippen LogP contribution >= 0.6 is 0 Å². The van der Waals surface area contributed by atoms with Crippen molar-refractivity contribution in [2.24, 2.45) is 0 Å². The molecule has 1 aromatic heterocycles. The summed E-state index contributed by atoms with van der Waals surface area (Å²) >= 11 is 0. The van der Waals surface area contributed by atoms with E-state index in [1.807, 2.05) is 0 Å². The summed E-state index contributed by atoms with van der Waals surface area (Å²) in [5.74, 6) is -0.842. The maximum absolute atomic E-state index is 13.1. The lowest BCUT2D eigenvalue weighted by Crippen LogP contribution is -2.73. The second kappa shape index (κ2) is 5.57. The minimum absolute atomic E-state index is 0.0142. The van der Waals surface area contributed by atoms with E-state index in [4.69, 9.17) is 0 Å². The Hall–Kier alpha value is -2.14. The lowest BCUT2D eigenvalue weighted by Gasteiger charge is -2.38. The zero-order chi connectivity index (χ0) is 17.3. The second-order valence-corrected chi connectivity index (χ2v) is 4.52. The van der Waals surface area contributed by atoms with E-state index in [9.17, 15) is 31.1 Å². The van der Waals surface area contributed by atoms with Gasteiger partial charge in [0, 0.05) is 20.2 Å². The summed E-state index contributed by atoms with van der Waals surface area (Å²) in [5, 5.41) is 5.11. The van der Waals surface area contributed by atoms with Gasteiger partial charge in [0.1, 0.15) is 5.76 Å². The average molecular weight is 334 g/mol. The number of carbonyl (C=O) groups excluding carboxylic acids is 1. The molecule has 0 aliphatic heterocycles. The predicted molar refractivity (Wildman–Crippen MR) is 61.9 cm³/mol. The molecule has 1 rings (SSSR count). The van der Waals surface area contributed by atoms with Crippen molar-refractivity contribution < 1.29 is 35.7 Å². The number of halogens is 6. The van der Waals surface area contributed by atoms with Crippen LogP contribution in [-0.4, -0.2) is 48.2 Å². The zero-order valence-electron chi connectivity index (χ0n) is 11.6. The second-order valence-electron chi connectivity index (χ2n) is 4.52. The highest BCUT2D eigenvalue weighted by molar-refractivity contribution is 5.75. The van der Waals surface area contributed by atoms with Gasteiger partial charge in [0.05, 0.1) is 0 Å². The Kier molecular flexibility index (Phi) is 4.54. The fourth-order valence-corrected chi connectivity index (χ4v) is 1.37. The molecule has 0 saturated heterocycles. The number of anilines is 1. The molecular weight excluding hydrogens is 322 g/mol. The molecular formula is C10H12F6N4O2. The Balaban J connectivity index is 3.35. The van der Waals surface area contributed by atoms with Crippen LogP contribution in [0.15, 0.2) is 10.6 Å². The van der Waals surface area contributed by atoms with Crippen molar-refractivity contribution in [1.82, 2.24) is 15.4 Å². The third-order valence-corrected chi connectivity index (χ3v) is 2.49. The Labute approximate surface area is 120 Å². The van der Waals surface area contributed by atoms with Crippen LogP contribution in [-0.2, 0) is 0 Å². The van der Waals surface area contributed by atoms with Crippen LogP contribution in [0, 0.1) is 6.92 Å². The first-order chi connectivity index (χ1) is 9.80. The molecule has 6 nitrogen and oxygen atoms in total. The maximum Gasteiger partial charge on any atom is 0.439 e.